The molecule has 0 aliphatic carbocycles. The predicted molar refractivity (Wildman–Crippen MR) is 53.4 cm³/mol. The van der Waals surface area contributed by atoms with Gasteiger partial charge in [0.2, 0.25) is 5.88 Å². The summed E-state index contributed by atoms with van der Waals surface area (Å²) in [5, 5.41) is 3.31. The number of hydrogen-bond donors (Lipinski definition) is 1. The van der Waals surface area contributed by atoms with Gasteiger partial charge < -0.3 is 10.1 Å². The van der Waals surface area contributed by atoms with E-state index in [-0.39, 0.29) is 12.4 Å². The molecule has 0 atom stereocenters. The molecule has 0 aromatic carbocycles. The van der Waals surface area contributed by atoms with E-state index in [2.05, 4.69) is 10.3 Å². The topological polar surface area (TPSA) is 34.1 Å². The molecule has 0 amide bonds. The van der Waals surface area contributed by atoms with E-state index in [1.807, 2.05) is 12.3 Å². The Morgan fingerprint density at radius 2 is 2.31 bits per heavy atom. The monoisotopic (exact) mass is 200 g/mol. The largest absolute Gasteiger partial charge is 0.481 e. The smallest absolute Gasteiger partial charge is 0.213 e. The molecule has 1 aromatic heterocycles. The molecule has 0 unspecified atom stereocenters. The Bertz CT molecular complexity index is 291. The zero-order chi connectivity index (χ0) is 8.39. The number of rotatable bonds is 1. The Labute approximate surface area is 83.9 Å². The van der Waals surface area contributed by atoms with Gasteiger partial charge in [0.25, 0.3) is 0 Å². The first-order valence-electron chi connectivity index (χ1n) is 4.12. The maximum Gasteiger partial charge on any atom is 0.213 e. The van der Waals surface area contributed by atoms with Gasteiger partial charge in [0.05, 0.1) is 7.11 Å². The second-order valence-electron chi connectivity index (χ2n) is 2.92. The predicted octanol–water partition coefficient (Wildman–Crippen LogP) is 1.16. The highest BCUT2D eigenvalue weighted by atomic mass is 35.5. The van der Waals surface area contributed by atoms with Crippen molar-refractivity contribution in [2.24, 2.45) is 0 Å². The lowest BCUT2D eigenvalue weighted by Crippen LogP contribution is -2.23. The number of nitrogens with zero attached hydrogens (tertiary/aromatic N) is 1. The number of hydrogen-bond acceptors (Lipinski definition) is 3. The van der Waals surface area contributed by atoms with Gasteiger partial charge in [0, 0.05) is 18.8 Å². The molecule has 0 fully saturated rings. The summed E-state index contributed by atoms with van der Waals surface area (Å²) in [5.41, 5.74) is 2.66. The Morgan fingerprint density at radius 3 is 3.08 bits per heavy atom. The second kappa shape index (κ2) is 4.44. The lowest BCUT2D eigenvalue weighted by molar-refractivity contribution is 0.396. The molecule has 4 heteroatoms. The van der Waals surface area contributed by atoms with Crippen molar-refractivity contribution in [1.82, 2.24) is 10.3 Å². The molecule has 0 radical (unpaired) electrons. The molecular formula is C9H13ClN2O. The molecule has 2 rings (SSSR count). The van der Waals surface area contributed by atoms with Crippen molar-refractivity contribution >= 4 is 12.4 Å². The molecule has 3 nitrogen and oxygen atoms in total. The van der Waals surface area contributed by atoms with E-state index in [9.17, 15) is 0 Å². The van der Waals surface area contributed by atoms with Crippen LogP contribution in [0.1, 0.15) is 11.1 Å². The highest BCUT2D eigenvalue weighted by molar-refractivity contribution is 5.85. The lowest BCUT2D eigenvalue weighted by Gasteiger charge is -2.16. The van der Waals surface area contributed by atoms with Gasteiger partial charge in [0.15, 0.2) is 0 Å². The van der Waals surface area contributed by atoms with Gasteiger partial charge >= 0.3 is 0 Å². The molecule has 0 saturated carbocycles. The quantitative estimate of drug-likeness (QED) is 0.739. The van der Waals surface area contributed by atoms with Crippen molar-refractivity contribution in [2.45, 2.75) is 13.0 Å². The van der Waals surface area contributed by atoms with Crippen LogP contribution in [0.5, 0.6) is 5.88 Å². The van der Waals surface area contributed by atoms with E-state index < -0.39 is 0 Å². The number of methoxy groups -OCH3 is 1. The van der Waals surface area contributed by atoms with Crippen molar-refractivity contribution in [3.8, 4) is 5.88 Å². The van der Waals surface area contributed by atoms with Crippen LogP contribution >= 0.6 is 12.4 Å². The average Bonchev–Trinajstić information content (AvgIpc) is 2.17. The van der Waals surface area contributed by atoms with Gasteiger partial charge in [-0.3, -0.25) is 0 Å². The Morgan fingerprint density at radius 1 is 1.46 bits per heavy atom. The van der Waals surface area contributed by atoms with Crippen LogP contribution in [0.25, 0.3) is 0 Å². The van der Waals surface area contributed by atoms with Gasteiger partial charge in [0.1, 0.15) is 0 Å². The zero-order valence-electron chi connectivity index (χ0n) is 7.54. The number of ether oxygens (including phenoxy) is 1. The fourth-order valence-electron chi connectivity index (χ4n) is 1.45. The second-order valence-corrected chi connectivity index (χ2v) is 2.92. The molecule has 2 heterocycles. The van der Waals surface area contributed by atoms with E-state index in [0.717, 1.165) is 19.5 Å². The normalized spacial score (nSPS) is 14.2. The third-order valence-electron chi connectivity index (χ3n) is 2.15. The van der Waals surface area contributed by atoms with Crippen LogP contribution in [0, 0.1) is 0 Å². The summed E-state index contributed by atoms with van der Waals surface area (Å²) >= 11 is 0. The standard InChI is InChI=1S/C9H12N2O.ClH/c1-12-9-4-8-5-10-3-2-7(8)6-11-9;/h4,6,10H,2-3,5H2,1H3;1H. The molecule has 1 aliphatic heterocycles. The molecule has 72 valence electrons. The fraction of sp³-hybridized carbons (Fsp3) is 0.444. The van der Waals surface area contributed by atoms with Gasteiger partial charge in [-0.05, 0) is 24.1 Å². The molecule has 1 aromatic rings. The van der Waals surface area contributed by atoms with E-state index in [1.165, 1.54) is 11.1 Å². The first kappa shape index (κ1) is 10.3. The van der Waals surface area contributed by atoms with Crippen molar-refractivity contribution in [2.75, 3.05) is 13.7 Å². The maximum atomic E-state index is 5.04. The third-order valence-corrected chi connectivity index (χ3v) is 2.15. The van der Waals surface area contributed by atoms with E-state index in [1.54, 1.807) is 7.11 Å². The molecule has 0 bridgehead atoms. The first-order valence-corrected chi connectivity index (χ1v) is 4.12. The van der Waals surface area contributed by atoms with Crippen LogP contribution in [0.4, 0.5) is 0 Å². The van der Waals surface area contributed by atoms with E-state index in [4.69, 9.17) is 4.74 Å². The van der Waals surface area contributed by atoms with Gasteiger partial charge in [-0.25, -0.2) is 4.98 Å². The van der Waals surface area contributed by atoms with E-state index in [0.29, 0.717) is 5.88 Å². The van der Waals surface area contributed by atoms with Crippen molar-refractivity contribution < 1.29 is 4.74 Å². The Balaban J connectivity index is 0.000000845. The van der Waals surface area contributed by atoms with Crippen LogP contribution in [0.2, 0.25) is 0 Å². The van der Waals surface area contributed by atoms with Gasteiger partial charge in [-0.1, -0.05) is 0 Å². The summed E-state index contributed by atoms with van der Waals surface area (Å²) in [6.07, 6.45) is 2.99. The SMILES string of the molecule is COc1cc2c(cn1)CCNC2.Cl. The number of fused-ring (bicyclic) bond motifs is 1. The van der Waals surface area contributed by atoms with Gasteiger partial charge in [-0.2, -0.15) is 0 Å². The Hall–Kier alpha value is -0.800. The van der Waals surface area contributed by atoms with Crippen molar-refractivity contribution in [3.63, 3.8) is 0 Å². The van der Waals surface area contributed by atoms with Crippen LogP contribution in [0.3, 0.4) is 0 Å². The summed E-state index contributed by atoms with van der Waals surface area (Å²) in [7, 11) is 1.64. The minimum absolute atomic E-state index is 0. The number of halogens is 1. The highest BCUT2D eigenvalue weighted by Gasteiger charge is 2.09. The fourth-order valence-corrected chi connectivity index (χ4v) is 1.45. The average molecular weight is 201 g/mol. The lowest BCUT2D eigenvalue weighted by atomic mass is 10.0. The van der Waals surface area contributed by atoms with E-state index >= 15 is 0 Å². The molecule has 13 heavy (non-hydrogen) atoms. The number of pyridine rings is 1. The van der Waals surface area contributed by atoms with Crippen LogP contribution in [-0.2, 0) is 13.0 Å². The summed E-state index contributed by atoms with van der Waals surface area (Å²) < 4.78 is 5.04. The van der Waals surface area contributed by atoms with Crippen LogP contribution in [0.15, 0.2) is 12.3 Å². The summed E-state index contributed by atoms with van der Waals surface area (Å²) in [6, 6.07) is 2.00. The van der Waals surface area contributed by atoms with Crippen molar-refractivity contribution in [1.29, 1.82) is 0 Å². The molecule has 1 N–H and O–H groups in total. The summed E-state index contributed by atoms with van der Waals surface area (Å²) in [5.74, 6) is 0.706. The minimum Gasteiger partial charge on any atom is -0.481 e. The molecule has 0 spiro atoms. The molecule has 0 saturated heterocycles. The van der Waals surface area contributed by atoms with Crippen LogP contribution < -0.4 is 10.1 Å². The molecular weight excluding hydrogens is 188 g/mol. The summed E-state index contributed by atoms with van der Waals surface area (Å²) in [4.78, 5) is 4.16. The Kier molecular flexibility index (Phi) is 3.51. The number of nitrogens with one attached hydrogen (secondary N) is 1. The zero-order valence-corrected chi connectivity index (χ0v) is 8.36. The van der Waals surface area contributed by atoms with Gasteiger partial charge in [-0.15, -0.1) is 12.4 Å². The molecule has 1 aliphatic rings. The van der Waals surface area contributed by atoms with Crippen molar-refractivity contribution in [3.05, 3.63) is 23.4 Å². The summed E-state index contributed by atoms with van der Waals surface area (Å²) in [6.45, 7) is 2.00. The third kappa shape index (κ3) is 2.11. The maximum absolute atomic E-state index is 5.04. The minimum atomic E-state index is 0. The van der Waals surface area contributed by atoms with Crippen LogP contribution in [-0.4, -0.2) is 18.6 Å². The number of aromatic nitrogens is 1. The highest BCUT2D eigenvalue weighted by Crippen LogP contribution is 2.16. The first-order chi connectivity index (χ1) is 5.90.